The number of hydrazine groups is 1. The van der Waals surface area contributed by atoms with Crippen LogP contribution in [0.2, 0.25) is 0 Å². The molecule has 0 aromatic rings. The normalized spacial score (nSPS) is 20.2. The number of carbonyl (C=O) groups is 2. The Hall–Kier alpha value is -1.88. The van der Waals surface area contributed by atoms with E-state index < -0.39 is 0 Å². The summed E-state index contributed by atoms with van der Waals surface area (Å²) in [6.07, 6.45) is 60.5. The molecule has 0 amide bonds. The van der Waals surface area contributed by atoms with Gasteiger partial charge in [0.2, 0.25) is 0 Å². The van der Waals surface area contributed by atoms with Crippen molar-refractivity contribution in [3.8, 4) is 0 Å². The average Bonchev–Trinajstić information content (AvgIpc) is 3.47. The summed E-state index contributed by atoms with van der Waals surface area (Å²) in [7, 11) is 0. The third kappa shape index (κ3) is 40.2. The van der Waals surface area contributed by atoms with Crippen LogP contribution in [0, 0.1) is 23.7 Å². The van der Waals surface area contributed by atoms with Crippen molar-refractivity contribution in [2.45, 2.75) is 361 Å². The summed E-state index contributed by atoms with van der Waals surface area (Å²) in [6.45, 7) is 15.7. The van der Waals surface area contributed by atoms with Crippen molar-refractivity contribution < 1.29 is 24.2 Å². The zero-order chi connectivity index (χ0) is 58.2. The number of rotatable bonds is 53. The Morgan fingerprint density at radius 3 is 1.25 bits per heavy atom. The summed E-state index contributed by atoms with van der Waals surface area (Å²) in [6, 6.07) is 0. The van der Waals surface area contributed by atoms with Gasteiger partial charge in [-0.25, -0.2) is 5.84 Å². The van der Waals surface area contributed by atoms with Crippen LogP contribution >= 0.6 is 0 Å². The average molecular weight is 1140 g/mol. The zero-order valence-corrected chi connectivity index (χ0v) is 54.3. The van der Waals surface area contributed by atoms with Gasteiger partial charge in [0.15, 0.2) is 0 Å². The maximum atomic E-state index is 13.2. The third-order valence-corrected chi connectivity index (χ3v) is 19.4. The van der Waals surface area contributed by atoms with Gasteiger partial charge in [-0.1, -0.05) is 233 Å². The van der Waals surface area contributed by atoms with E-state index in [1.165, 1.54) is 193 Å². The maximum absolute atomic E-state index is 13.2. The Morgan fingerprint density at radius 2 is 0.827 bits per heavy atom. The van der Waals surface area contributed by atoms with Crippen molar-refractivity contribution in [2.75, 3.05) is 45.8 Å². The number of nitrogens with two attached hydrogens (primary N) is 2. The van der Waals surface area contributed by atoms with E-state index in [1.54, 1.807) is 5.01 Å². The molecule has 0 bridgehead atoms. The largest absolute Gasteiger partial charge is 0.462 e. The van der Waals surface area contributed by atoms with Crippen molar-refractivity contribution in [3.63, 3.8) is 0 Å². The van der Waals surface area contributed by atoms with Gasteiger partial charge in [-0.15, -0.1) is 0 Å². The Kier molecular flexibility index (Phi) is 45.6. The first-order valence-electron chi connectivity index (χ1n) is 36.1. The molecule has 2 unspecified atom stereocenters. The lowest BCUT2D eigenvalue weighted by Gasteiger charge is -2.30. The van der Waals surface area contributed by atoms with Gasteiger partial charge in [0, 0.05) is 63.9 Å². The summed E-state index contributed by atoms with van der Waals surface area (Å²) in [5.74, 6) is 10.2. The van der Waals surface area contributed by atoms with Gasteiger partial charge in [-0.05, 0) is 127 Å². The SMILES string of the molecule is CCCCCCCCC(CCCCC1CCC(CCC)CC1)OC(=O)CCCCCCCN(CCCCCCCC(=O)OC(CCCCCCCC)CCCCC1CCC(CCC)CC1)CC/C(N)=C/N(N)CCN1CCC(O)CC1. The number of aliphatic hydroxyl groups excluding tert-OH is 1. The number of ether oxygens (including phenoxy) is 2. The highest BCUT2D eigenvalue weighted by Gasteiger charge is 2.23. The molecule has 0 aromatic heterocycles. The van der Waals surface area contributed by atoms with Crippen molar-refractivity contribution in [1.82, 2.24) is 14.8 Å². The molecule has 2 aliphatic carbocycles. The van der Waals surface area contributed by atoms with Gasteiger partial charge < -0.3 is 35.1 Å². The fraction of sp³-hybridized carbons (Fsp3) is 0.944. The quantitative estimate of drug-likeness (QED) is 0.0234. The molecule has 10 heteroatoms. The molecule has 476 valence electrons. The van der Waals surface area contributed by atoms with E-state index in [2.05, 4.69) is 37.5 Å². The van der Waals surface area contributed by atoms with E-state index >= 15 is 0 Å². The molecule has 2 atom stereocenters. The highest BCUT2D eigenvalue weighted by Crippen LogP contribution is 2.36. The van der Waals surface area contributed by atoms with E-state index in [1.807, 2.05) is 6.20 Å². The highest BCUT2D eigenvalue weighted by molar-refractivity contribution is 5.69. The first-order chi connectivity index (χ1) is 39.6. The minimum absolute atomic E-state index is 0.0255. The number of aliphatic hydroxyl groups is 1. The number of nitrogens with zero attached hydrogens (tertiary/aromatic N) is 3. The van der Waals surface area contributed by atoms with E-state index in [-0.39, 0.29) is 30.3 Å². The molecule has 1 aliphatic heterocycles. The second kappa shape index (κ2) is 50.3. The Balaban J connectivity index is 1.38. The molecule has 3 aliphatic rings. The Morgan fingerprint density at radius 1 is 0.457 bits per heavy atom. The van der Waals surface area contributed by atoms with Crippen LogP contribution in [0.3, 0.4) is 0 Å². The molecule has 3 fully saturated rings. The monoisotopic (exact) mass is 1140 g/mol. The second-order valence-electron chi connectivity index (χ2n) is 26.9. The van der Waals surface area contributed by atoms with E-state index in [0.29, 0.717) is 12.8 Å². The smallest absolute Gasteiger partial charge is 0.306 e. The van der Waals surface area contributed by atoms with Crippen molar-refractivity contribution >= 4 is 11.9 Å². The van der Waals surface area contributed by atoms with Crippen molar-refractivity contribution in [1.29, 1.82) is 0 Å². The second-order valence-corrected chi connectivity index (χ2v) is 26.9. The summed E-state index contributed by atoms with van der Waals surface area (Å²) in [4.78, 5) is 31.4. The third-order valence-electron chi connectivity index (χ3n) is 19.4. The van der Waals surface area contributed by atoms with Gasteiger partial charge in [0.25, 0.3) is 0 Å². The van der Waals surface area contributed by atoms with Crippen LogP contribution in [0.5, 0.6) is 0 Å². The predicted molar refractivity (Wildman–Crippen MR) is 345 cm³/mol. The van der Waals surface area contributed by atoms with Gasteiger partial charge >= 0.3 is 11.9 Å². The minimum Gasteiger partial charge on any atom is -0.462 e. The topological polar surface area (TPSA) is 135 Å². The number of carbonyl (C=O) groups excluding carboxylic acids is 2. The lowest BCUT2D eigenvalue weighted by Crippen LogP contribution is -2.41. The molecule has 2 saturated carbocycles. The first kappa shape index (κ1) is 73.4. The number of piperidine rings is 1. The minimum atomic E-state index is -0.168. The first-order valence-corrected chi connectivity index (χ1v) is 36.1. The Bertz CT molecular complexity index is 1390. The fourth-order valence-electron chi connectivity index (χ4n) is 14.0. The lowest BCUT2D eigenvalue weighted by molar-refractivity contribution is -0.151. The number of hydrogen-bond donors (Lipinski definition) is 3. The van der Waals surface area contributed by atoms with Crippen molar-refractivity contribution in [2.24, 2.45) is 35.2 Å². The molecule has 10 nitrogen and oxygen atoms in total. The lowest BCUT2D eigenvalue weighted by atomic mass is 9.78. The number of esters is 2. The van der Waals surface area contributed by atoms with E-state index in [0.717, 1.165) is 184 Å². The van der Waals surface area contributed by atoms with Crippen LogP contribution < -0.4 is 11.6 Å². The van der Waals surface area contributed by atoms with Crippen LogP contribution in [-0.2, 0) is 19.1 Å². The molecule has 1 saturated heterocycles. The van der Waals surface area contributed by atoms with Crippen molar-refractivity contribution in [3.05, 3.63) is 11.9 Å². The molecule has 3 rings (SSSR count). The summed E-state index contributed by atoms with van der Waals surface area (Å²) < 4.78 is 12.5. The summed E-state index contributed by atoms with van der Waals surface area (Å²) in [5, 5.41) is 11.6. The molecule has 0 aromatic carbocycles. The summed E-state index contributed by atoms with van der Waals surface area (Å²) >= 11 is 0. The molecular weight excluding hydrogens is 1000 g/mol. The molecule has 0 radical (unpaired) electrons. The number of hydrogen-bond acceptors (Lipinski definition) is 10. The molecule has 81 heavy (non-hydrogen) atoms. The maximum Gasteiger partial charge on any atom is 0.306 e. The number of unbranched alkanes of at least 4 members (excludes halogenated alkanes) is 20. The van der Waals surface area contributed by atoms with Crippen LogP contribution in [0.4, 0.5) is 0 Å². The van der Waals surface area contributed by atoms with Crippen LogP contribution in [0.1, 0.15) is 342 Å². The molecule has 5 N–H and O–H groups in total. The van der Waals surface area contributed by atoms with Crippen LogP contribution in [0.15, 0.2) is 11.9 Å². The molecular formula is C71H137N5O5. The van der Waals surface area contributed by atoms with E-state index in [9.17, 15) is 14.7 Å². The van der Waals surface area contributed by atoms with Gasteiger partial charge in [-0.2, -0.15) is 0 Å². The molecule has 1 heterocycles. The number of likely N-dealkylation sites (tertiary alicyclic amines) is 1. The van der Waals surface area contributed by atoms with Gasteiger partial charge in [-0.3, -0.25) is 9.59 Å². The predicted octanol–water partition coefficient (Wildman–Crippen LogP) is 18.5. The van der Waals surface area contributed by atoms with Crippen LogP contribution in [-0.4, -0.2) is 96.0 Å². The van der Waals surface area contributed by atoms with Gasteiger partial charge in [0.1, 0.15) is 12.2 Å². The fourth-order valence-corrected chi connectivity index (χ4v) is 14.0. The summed E-state index contributed by atoms with van der Waals surface area (Å²) in [5.41, 5.74) is 7.42. The molecule has 0 spiro atoms. The zero-order valence-electron chi connectivity index (χ0n) is 54.3. The Labute approximate surface area is 502 Å². The standard InChI is InChI=1S/C71H137N5O5/c1-5-9-11-13-17-23-37-68(39-29-27-35-64-47-43-62(33-7-3)44-48-64)80-70(78)41-25-19-15-21-31-54-74(56-51-66(72)61-76(73)60-59-75-57-52-67(77)53-58-75)55-32-22-16-20-26-42-71(79)81-69(38-24-18-14-12-10-6-2)40-30-28-36-65-49-45-63(34-8-4)46-50-65/h61-65,67-69,77H,5-60,72-73H2,1-4H3/b66-61-. The van der Waals surface area contributed by atoms with E-state index in [4.69, 9.17) is 21.1 Å². The van der Waals surface area contributed by atoms with Crippen LogP contribution in [0.25, 0.3) is 0 Å². The van der Waals surface area contributed by atoms with Gasteiger partial charge in [0.05, 0.1) is 6.10 Å². The highest BCUT2D eigenvalue weighted by atomic mass is 16.5.